The van der Waals surface area contributed by atoms with Crippen LogP contribution in [-0.4, -0.2) is 40.8 Å². The van der Waals surface area contributed by atoms with Crippen molar-refractivity contribution in [2.75, 3.05) is 13.1 Å². The van der Waals surface area contributed by atoms with Crippen molar-refractivity contribution >= 4 is 24.0 Å². The van der Waals surface area contributed by atoms with E-state index in [1.165, 1.54) is 6.42 Å². The second-order valence-electron chi connectivity index (χ2n) is 6.49. The van der Waals surface area contributed by atoms with Gasteiger partial charge in [0.2, 0.25) is 5.91 Å². The number of hydrogen-bond donors (Lipinski definition) is 2. The summed E-state index contributed by atoms with van der Waals surface area (Å²) >= 11 is 5.14. The largest absolute Gasteiger partial charge is 0.352 e. The van der Waals surface area contributed by atoms with Crippen LogP contribution in [0.2, 0.25) is 0 Å². The highest BCUT2D eigenvalue weighted by Crippen LogP contribution is 2.26. The number of H-pyrrole nitrogens is 1. The van der Waals surface area contributed by atoms with Crippen LogP contribution >= 0.6 is 12.2 Å². The zero-order valence-electron chi connectivity index (χ0n) is 13.2. The first kappa shape index (κ1) is 16.2. The first-order valence-corrected chi connectivity index (χ1v) is 8.83. The number of likely N-dealkylation sites (tertiary alicyclic amines) is 1. The fourth-order valence-corrected chi connectivity index (χ4v) is 3.78. The van der Waals surface area contributed by atoms with Crippen molar-refractivity contribution in [3.63, 3.8) is 0 Å². The summed E-state index contributed by atoms with van der Waals surface area (Å²) in [6, 6.07) is 3.50. The topological polar surface area (TPSA) is 65.2 Å². The van der Waals surface area contributed by atoms with Gasteiger partial charge in [0, 0.05) is 31.2 Å². The van der Waals surface area contributed by atoms with E-state index in [-0.39, 0.29) is 23.8 Å². The van der Waals surface area contributed by atoms with Crippen LogP contribution in [0.25, 0.3) is 0 Å². The summed E-state index contributed by atoms with van der Waals surface area (Å²) in [4.78, 5) is 29.6. The van der Waals surface area contributed by atoms with E-state index >= 15 is 0 Å². The van der Waals surface area contributed by atoms with Crippen molar-refractivity contribution in [1.29, 1.82) is 0 Å². The minimum absolute atomic E-state index is 0.0182. The Morgan fingerprint density at radius 3 is 2.74 bits per heavy atom. The molecule has 2 heterocycles. The lowest BCUT2D eigenvalue weighted by atomic mass is 9.88. The van der Waals surface area contributed by atoms with Gasteiger partial charge in [-0.25, -0.2) is 0 Å². The molecule has 1 saturated heterocycles. The molecule has 1 aliphatic heterocycles. The normalized spacial score (nSPS) is 22.1. The van der Waals surface area contributed by atoms with Gasteiger partial charge in [-0.3, -0.25) is 9.59 Å². The van der Waals surface area contributed by atoms with Crippen molar-refractivity contribution in [3.8, 4) is 0 Å². The Balaban J connectivity index is 1.55. The van der Waals surface area contributed by atoms with Crippen molar-refractivity contribution in [2.45, 2.75) is 44.6 Å². The number of aromatic nitrogens is 1. The molecule has 1 aromatic heterocycles. The molecule has 124 valence electrons. The van der Waals surface area contributed by atoms with Crippen LogP contribution < -0.4 is 5.32 Å². The lowest BCUT2D eigenvalue weighted by Gasteiger charge is -2.26. The van der Waals surface area contributed by atoms with Gasteiger partial charge in [0.25, 0.3) is 5.91 Å². The van der Waals surface area contributed by atoms with Gasteiger partial charge < -0.3 is 15.2 Å². The third kappa shape index (κ3) is 3.80. The summed E-state index contributed by atoms with van der Waals surface area (Å²) in [5.74, 6) is 0.309. The predicted octanol–water partition coefficient (Wildman–Crippen LogP) is 2.66. The van der Waals surface area contributed by atoms with Gasteiger partial charge in [-0.2, -0.15) is 0 Å². The number of rotatable bonds is 3. The van der Waals surface area contributed by atoms with E-state index in [2.05, 4.69) is 10.3 Å². The van der Waals surface area contributed by atoms with Gasteiger partial charge in [-0.15, -0.1) is 0 Å². The fraction of sp³-hybridized carbons (Fsp3) is 0.588. The third-order valence-electron chi connectivity index (χ3n) is 4.85. The molecule has 2 aliphatic rings. The van der Waals surface area contributed by atoms with Crippen LogP contribution in [0.1, 0.15) is 48.9 Å². The molecule has 5 nitrogen and oxygen atoms in total. The molecule has 0 aromatic carbocycles. The lowest BCUT2D eigenvalue weighted by molar-refractivity contribution is -0.135. The van der Waals surface area contributed by atoms with Crippen LogP contribution in [0, 0.1) is 10.6 Å². The number of hydrogen-bond acceptors (Lipinski definition) is 3. The molecule has 2 fully saturated rings. The molecule has 6 heteroatoms. The molecule has 2 N–H and O–H groups in total. The van der Waals surface area contributed by atoms with Crippen molar-refractivity contribution in [3.05, 3.63) is 28.5 Å². The molecule has 1 atom stereocenters. The Labute approximate surface area is 141 Å². The molecular weight excluding hydrogens is 310 g/mol. The Bertz CT molecular complexity index is 637. The minimum Gasteiger partial charge on any atom is -0.352 e. The molecule has 0 bridgehead atoms. The van der Waals surface area contributed by atoms with Crippen molar-refractivity contribution < 1.29 is 9.59 Å². The molecule has 3 rings (SSSR count). The SMILES string of the molecule is O=C(N[C@@H]1CCN(C(=O)C2CCCCC2)C1)c1ccc[nH]c1=S. The van der Waals surface area contributed by atoms with E-state index in [4.69, 9.17) is 12.2 Å². The van der Waals surface area contributed by atoms with Gasteiger partial charge in [0.1, 0.15) is 4.64 Å². The summed E-state index contributed by atoms with van der Waals surface area (Å²) in [6.45, 7) is 1.35. The standard InChI is InChI=1S/C17H23N3O2S/c21-15(14-7-4-9-18-16(14)23)19-13-8-10-20(11-13)17(22)12-5-2-1-3-6-12/h4,7,9,12-13H,1-3,5-6,8,10-11H2,(H,18,23)(H,19,21)/t13-/m1/s1. The number of carbonyl (C=O) groups excluding carboxylic acids is 2. The van der Waals surface area contributed by atoms with Gasteiger partial charge in [-0.1, -0.05) is 31.5 Å². The van der Waals surface area contributed by atoms with E-state index in [0.717, 1.165) is 38.6 Å². The smallest absolute Gasteiger partial charge is 0.254 e. The molecule has 0 radical (unpaired) electrons. The highest BCUT2D eigenvalue weighted by Gasteiger charge is 2.32. The monoisotopic (exact) mass is 333 g/mol. The fourth-order valence-electron chi connectivity index (χ4n) is 3.55. The molecule has 23 heavy (non-hydrogen) atoms. The van der Waals surface area contributed by atoms with Gasteiger partial charge in [-0.05, 0) is 31.4 Å². The summed E-state index contributed by atoms with van der Waals surface area (Å²) in [6.07, 6.45) is 8.14. The summed E-state index contributed by atoms with van der Waals surface area (Å²) in [7, 11) is 0. The lowest BCUT2D eigenvalue weighted by Crippen LogP contribution is -2.40. The molecule has 1 aliphatic carbocycles. The van der Waals surface area contributed by atoms with Crippen LogP contribution in [0.3, 0.4) is 0 Å². The number of pyridine rings is 1. The summed E-state index contributed by atoms with van der Waals surface area (Å²) in [5, 5.41) is 3.00. The summed E-state index contributed by atoms with van der Waals surface area (Å²) < 4.78 is 0.443. The van der Waals surface area contributed by atoms with Crippen molar-refractivity contribution in [2.24, 2.45) is 5.92 Å². The second kappa shape index (κ2) is 7.25. The van der Waals surface area contributed by atoms with Crippen LogP contribution in [0.4, 0.5) is 0 Å². The van der Waals surface area contributed by atoms with E-state index in [1.807, 2.05) is 4.90 Å². The zero-order chi connectivity index (χ0) is 16.2. The number of carbonyl (C=O) groups is 2. The number of aromatic amines is 1. The first-order valence-electron chi connectivity index (χ1n) is 8.42. The maximum absolute atomic E-state index is 12.5. The van der Waals surface area contributed by atoms with Crippen LogP contribution in [0.15, 0.2) is 18.3 Å². The average molecular weight is 333 g/mol. The van der Waals surface area contributed by atoms with Crippen LogP contribution in [0.5, 0.6) is 0 Å². The summed E-state index contributed by atoms with van der Waals surface area (Å²) in [5.41, 5.74) is 0.486. The zero-order valence-corrected chi connectivity index (χ0v) is 14.0. The predicted molar refractivity (Wildman–Crippen MR) is 90.7 cm³/mol. The third-order valence-corrected chi connectivity index (χ3v) is 5.19. The van der Waals surface area contributed by atoms with E-state index in [0.29, 0.717) is 16.7 Å². The number of nitrogens with zero attached hydrogens (tertiary/aromatic N) is 1. The average Bonchev–Trinajstić information content (AvgIpc) is 3.03. The van der Waals surface area contributed by atoms with Gasteiger partial charge >= 0.3 is 0 Å². The Morgan fingerprint density at radius 1 is 1.22 bits per heavy atom. The Hall–Kier alpha value is -1.69. The van der Waals surface area contributed by atoms with Gasteiger partial charge in [0.15, 0.2) is 0 Å². The highest BCUT2D eigenvalue weighted by atomic mass is 32.1. The van der Waals surface area contributed by atoms with Gasteiger partial charge in [0.05, 0.1) is 5.56 Å². The Kier molecular flexibility index (Phi) is 5.10. The number of amides is 2. The molecule has 1 saturated carbocycles. The minimum atomic E-state index is -0.163. The first-order chi connectivity index (χ1) is 11.1. The second-order valence-corrected chi connectivity index (χ2v) is 6.90. The van der Waals surface area contributed by atoms with Crippen LogP contribution in [-0.2, 0) is 4.79 Å². The molecular formula is C17H23N3O2S. The van der Waals surface area contributed by atoms with E-state index in [1.54, 1.807) is 18.3 Å². The molecule has 2 amide bonds. The highest BCUT2D eigenvalue weighted by molar-refractivity contribution is 7.71. The molecule has 0 spiro atoms. The van der Waals surface area contributed by atoms with E-state index in [9.17, 15) is 9.59 Å². The van der Waals surface area contributed by atoms with Crippen molar-refractivity contribution in [1.82, 2.24) is 15.2 Å². The van der Waals surface area contributed by atoms with E-state index < -0.39 is 0 Å². The quantitative estimate of drug-likeness (QED) is 0.836. The maximum atomic E-state index is 12.5. The Morgan fingerprint density at radius 2 is 2.00 bits per heavy atom. The molecule has 0 unspecified atom stereocenters. The number of nitrogens with one attached hydrogen (secondary N) is 2. The maximum Gasteiger partial charge on any atom is 0.254 e. The molecule has 1 aromatic rings.